The summed E-state index contributed by atoms with van der Waals surface area (Å²) in [6, 6.07) is 12.7. The number of rotatable bonds is 5. The van der Waals surface area contributed by atoms with Crippen molar-refractivity contribution in [1.82, 2.24) is 14.8 Å². The third kappa shape index (κ3) is 4.42. The van der Waals surface area contributed by atoms with Crippen molar-refractivity contribution in [3.8, 4) is 0 Å². The summed E-state index contributed by atoms with van der Waals surface area (Å²) in [6.07, 6.45) is 4.09. The normalized spacial score (nSPS) is 22.0. The molecule has 0 aliphatic carbocycles. The summed E-state index contributed by atoms with van der Waals surface area (Å²) in [7, 11) is 0. The standard InChI is InChI=1S/C29H28F3N3O2/c30-24-6-5-21(15-26(24)32)27(35-12-8-25(31)28(35)36)20-3-1-19(2-4-20)17-34-13-9-29(10-14-34)23-16-33-11-7-22(23)18-37-29/h1-7,11,15-16,25,27H,8-10,12-14,17-18H2/t25?,27-/m1/s1. The molecule has 5 nitrogen and oxygen atoms in total. The molecule has 1 spiro atoms. The van der Waals surface area contributed by atoms with Gasteiger partial charge in [-0.05, 0) is 53.3 Å². The molecule has 3 aromatic rings. The SMILES string of the molecule is O=C1C(F)CCN1[C@H](c1ccc(CN2CCC3(CC2)OCc2ccncc23)cc1)c1ccc(F)c(F)c1. The Balaban J connectivity index is 1.17. The lowest BCUT2D eigenvalue weighted by molar-refractivity contribution is -0.133. The van der Waals surface area contributed by atoms with E-state index in [0.29, 0.717) is 12.2 Å². The van der Waals surface area contributed by atoms with Crippen LogP contribution in [0.2, 0.25) is 0 Å². The topological polar surface area (TPSA) is 45.7 Å². The van der Waals surface area contributed by atoms with Gasteiger partial charge in [0.15, 0.2) is 17.8 Å². The molecule has 3 aliphatic rings. The summed E-state index contributed by atoms with van der Waals surface area (Å²) in [5.74, 6) is -2.57. The van der Waals surface area contributed by atoms with Crippen LogP contribution in [0.25, 0.3) is 0 Å². The number of aromatic nitrogens is 1. The predicted octanol–water partition coefficient (Wildman–Crippen LogP) is 5.04. The highest BCUT2D eigenvalue weighted by Gasteiger charge is 2.43. The van der Waals surface area contributed by atoms with Crippen molar-refractivity contribution in [2.24, 2.45) is 0 Å². The van der Waals surface area contributed by atoms with Crippen LogP contribution in [0.15, 0.2) is 60.9 Å². The van der Waals surface area contributed by atoms with Gasteiger partial charge in [-0.25, -0.2) is 13.2 Å². The molecule has 4 heterocycles. The fraction of sp³-hybridized carbons (Fsp3) is 0.379. The largest absolute Gasteiger partial charge is 0.365 e. The fourth-order valence-electron chi connectivity index (χ4n) is 5.96. The highest BCUT2D eigenvalue weighted by atomic mass is 19.2. The van der Waals surface area contributed by atoms with Crippen molar-refractivity contribution in [2.75, 3.05) is 19.6 Å². The number of likely N-dealkylation sites (tertiary alicyclic amines) is 2. The van der Waals surface area contributed by atoms with Gasteiger partial charge in [0.25, 0.3) is 5.91 Å². The molecule has 2 aromatic carbocycles. The Morgan fingerprint density at radius 1 is 1.00 bits per heavy atom. The maximum atomic E-state index is 14.1. The number of ether oxygens (including phenoxy) is 1. The maximum Gasteiger partial charge on any atom is 0.257 e. The number of amides is 1. The second-order valence-corrected chi connectivity index (χ2v) is 10.2. The predicted molar refractivity (Wildman–Crippen MR) is 131 cm³/mol. The average Bonchev–Trinajstić information content (AvgIpc) is 3.44. The molecular weight excluding hydrogens is 479 g/mol. The fourth-order valence-corrected chi connectivity index (χ4v) is 5.96. The Hall–Kier alpha value is -3.23. The molecule has 0 bridgehead atoms. The molecule has 0 radical (unpaired) electrons. The number of pyridine rings is 1. The number of nitrogens with zero attached hydrogens (tertiary/aromatic N) is 3. The minimum Gasteiger partial charge on any atom is -0.365 e. The first-order valence-electron chi connectivity index (χ1n) is 12.7. The molecule has 2 fully saturated rings. The Kier molecular flexibility index (Phi) is 6.24. The molecule has 2 atom stereocenters. The van der Waals surface area contributed by atoms with E-state index in [-0.39, 0.29) is 18.6 Å². The smallest absolute Gasteiger partial charge is 0.257 e. The first kappa shape index (κ1) is 24.1. The van der Waals surface area contributed by atoms with Crippen LogP contribution in [-0.2, 0) is 28.3 Å². The molecule has 192 valence electrons. The molecule has 1 aromatic heterocycles. The van der Waals surface area contributed by atoms with Gasteiger partial charge in [0.05, 0.1) is 18.2 Å². The van der Waals surface area contributed by atoms with Crippen molar-refractivity contribution in [1.29, 1.82) is 0 Å². The Morgan fingerprint density at radius 2 is 1.76 bits per heavy atom. The minimum atomic E-state index is -1.57. The van der Waals surface area contributed by atoms with Gasteiger partial charge in [-0.3, -0.25) is 14.7 Å². The average molecular weight is 508 g/mol. The van der Waals surface area contributed by atoms with E-state index in [9.17, 15) is 18.0 Å². The van der Waals surface area contributed by atoms with Crippen molar-refractivity contribution in [3.63, 3.8) is 0 Å². The zero-order valence-corrected chi connectivity index (χ0v) is 20.4. The van der Waals surface area contributed by atoms with Crippen molar-refractivity contribution < 1.29 is 22.7 Å². The van der Waals surface area contributed by atoms with E-state index in [1.807, 2.05) is 42.7 Å². The van der Waals surface area contributed by atoms with E-state index in [4.69, 9.17) is 4.74 Å². The third-order valence-corrected chi connectivity index (χ3v) is 8.02. The molecule has 8 heteroatoms. The number of hydrogen-bond donors (Lipinski definition) is 0. The van der Waals surface area contributed by atoms with Gasteiger partial charge in [0.1, 0.15) is 0 Å². The number of alkyl halides is 1. The number of carbonyl (C=O) groups excluding carboxylic acids is 1. The Morgan fingerprint density at radius 3 is 2.46 bits per heavy atom. The van der Waals surface area contributed by atoms with E-state index in [2.05, 4.69) is 9.88 Å². The monoisotopic (exact) mass is 507 g/mol. The summed E-state index contributed by atoms with van der Waals surface area (Å²) >= 11 is 0. The molecule has 1 amide bonds. The lowest BCUT2D eigenvalue weighted by Crippen LogP contribution is -2.42. The summed E-state index contributed by atoms with van der Waals surface area (Å²) in [5.41, 5.74) is 4.46. The van der Waals surface area contributed by atoms with Crippen LogP contribution in [0.5, 0.6) is 0 Å². The first-order chi connectivity index (χ1) is 17.9. The van der Waals surface area contributed by atoms with E-state index in [1.54, 1.807) is 0 Å². The number of carbonyl (C=O) groups is 1. The number of benzene rings is 2. The molecular formula is C29H28F3N3O2. The van der Waals surface area contributed by atoms with Gasteiger partial charge in [-0.2, -0.15) is 0 Å². The number of halogens is 3. The van der Waals surface area contributed by atoms with Crippen molar-refractivity contribution in [2.45, 2.75) is 50.2 Å². The van der Waals surface area contributed by atoms with Gasteiger partial charge < -0.3 is 9.64 Å². The highest BCUT2D eigenvalue weighted by Crippen LogP contribution is 2.44. The number of piperidine rings is 1. The quantitative estimate of drug-likeness (QED) is 0.486. The van der Waals surface area contributed by atoms with Gasteiger partial charge in [-0.15, -0.1) is 0 Å². The van der Waals surface area contributed by atoms with Crippen LogP contribution in [0, 0.1) is 11.6 Å². The van der Waals surface area contributed by atoms with Crippen LogP contribution < -0.4 is 0 Å². The number of fused-ring (bicyclic) bond motifs is 2. The molecule has 37 heavy (non-hydrogen) atoms. The summed E-state index contributed by atoms with van der Waals surface area (Å²) < 4.78 is 48.0. The molecule has 3 aliphatic heterocycles. The van der Waals surface area contributed by atoms with E-state index in [1.165, 1.54) is 22.1 Å². The van der Waals surface area contributed by atoms with Gasteiger partial charge in [-0.1, -0.05) is 30.3 Å². The third-order valence-electron chi connectivity index (χ3n) is 8.02. The maximum absolute atomic E-state index is 14.1. The molecule has 6 rings (SSSR count). The van der Waals surface area contributed by atoms with Crippen molar-refractivity contribution >= 4 is 5.91 Å². The summed E-state index contributed by atoms with van der Waals surface area (Å²) in [6.45, 7) is 3.42. The zero-order valence-electron chi connectivity index (χ0n) is 20.4. The zero-order chi connectivity index (χ0) is 25.6. The van der Waals surface area contributed by atoms with Gasteiger partial charge in [0.2, 0.25) is 0 Å². The lowest BCUT2D eigenvalue weighted by Gasteiger charge is -2.39. The highest BCUT2D eigenvalue weighted by molar-refractivity contribution is 5.83. The lowest BCUT2D eigenvalue weighted by atomic mass is 9.84. The second kappa shape index (κ2) is 9.58. The minimum absolute atomic E-state index is 0.0950. The van der Waals surface area contributed by atoms with Crippen LogP contribution >= 0.6 is 0 Å². The summed E-state index contributed by atoms with van der Waals surface area (Å²) in [5, 5.41) is 0. The first-order valence-corrected chi connectivity index (χ1v) is 12.7. The van der Waals surface area contributed by atoms with Crippen LogP contribution in [0.3, 0.4) is 0 Å². The van der Waals surface area contributed by atoms with Gasteiger partial charge >= 0.3 is 0 Å². The van der Waals surface area contributed by atoms with E-state index < -0.39 is 29.8 Å². The number of hydrogen-bond acceptors (Lipinski definition) is 4. The van der Waals surface area contributed by atoms with E-state index in [0.717, 1.165) is 55.7 Å². The molecule has 0 N–H and O–H groups in total. The Bertz CT molecular complexity index is 1310. The van der Waals surface area contributed by atoms with Crippen LogP contribution in [-0.4, -0.2) is 46.5 Å². The molecule has 0 saturated carbocycles. The Labute approximate surface area is 213 Å². The molecule has 2 saturated heterocycles. The van der Waals surface area contributed by atoms with Crippen LogP contribution in [0.4, 0.5) is 13.2 Å². The second-order valence-electron chi connectivity index (χ2n) is 10.2. The summed E-state index contributed by atoms with van der Waals surface area (Å²) in [4.78, 5) is 20.6. The van der Waals surface area contributed by atoms with E-state index >= 15 is 0 Å². The van der Waals surface area contributed by atoms with Crippen LogP contribution in [0.1, 0.15) is 53.1 Å². The van der Waals surface area contributed by atoms with Gasteiger partial charge in [0, 0.05) is 50.6 Å². The van der Waals surface area contributed by atoms with Crippen molar-refractivity contribution in [3.05, 3.63) is 100 Å². The molecule has 1 unspecified atom stereocenters.